The fourth-order valence-corrected chi connectivity index (χ4v) is 2.03. The Morgan fingerprint density at radius 2 is 1.95 bits per heavy atom. The first-order valence-corrected chi connectivity index (χ1v) is 5.84. The number of aromatic nitrogens is 2. The lowest BCUT2D eigenvalue weighted by atomic mass is 10.2. The van der Waals surface area contributed by atoms with Crippen LogP contribution in [0.2, 0.25) is 0 Å². The SMILES string of the molecule is COc1cc(O)c2cnn(-c3ccc(O)c(F)c3)c2c1. The summed E-state index contributed by atoms with van der Waals surface area (Å²) in [5.74, 6) is -0.662. The molecule has 1 aromatic heterocycles. The molecule has 3 rings (SSSR count). The van der Waals surface area contributed by atoms with E-state index in [1.54, 1.807) is 6.07 Å². The average molecular weight is 274 g/mol. The van der Waals surface area contributed by atoms with Crippen molar-refractivity contribution < 1.29 is 19.3 Å². The summed E-state index contributed by atoms with van der Waals surface area (Å²) in [7, 11) is 1.49. The number of halogens is 1. The molecular weight excluding hydrogens is 263 g/mol. The Kier molecular flexibility index (Phi) is 2.71. The van der Waals surface area contributed by atoms with Crippen molar-refractivity contribution in [3.8, 4) is 22.9 Å². The summed E-state index contributed by atoms with van der Waals surface area (Å²) in [6, 6.07) is 7.11. The third-order valence-corrected chi connectivity index (χ3v) is 3.05. The van der Waals surface area contributed by atoms with Gasteiger partial charge in [-0.05, 0) is 12.1 Å². The molecule has 0 aliphatic rings. The van der Waals surface area contributed by atoms with Crippen LogP contribution in [0, 0.1) is 5.82 Å². The Balaban J connectivity index is 2.25. The third kappa shape index (κ3) is 1.82. The quantitative estimate of drug-likeness (QED) is 0.753. The molecule has 6 heteroatoms. The number of aromatic hydroxyl groups is 2. The van der Waals surface area contributed by atoms with Gasteiger partial charge in [-0.2, -0.15) is 5.10 Å². The van der Waals surface area contributed by atoms with Gasteiger partial charge in [-0.15, -0.1) is 0 Å². The topological polar surface area (TPSA) is 67.5 Å². The minimum atomic E-state index is -0.738. The van der Waals surface area contributed by atoms with Gasteiger partial charge in [0.05, 0.1) is 29.9 Å². The summed E-state index contributed by atoms with van der Waals surface area (Å²) in [6.45, 7) is 0. The maximum Gasteiger partial charge on any atom is 0.166 e. The Morgan fingerprint density at radius 3 is 2.65 bits per heavy atom. The summed E-state index contributed by atoms with van der Waals surface area (Å²) >= 11 is 0. The molecule has 0 bridgehead atoms. The number of methoxy groups -OCH3 is 1. The number of ether oxygens (including phenoxy) is 1. The molecule has 0 amide bonds. The molecule has 0 aliphatic carbocycles. The number of nitrogens with zero attached hydrogens (tertiary/aromatic N) is 2. The second-order valence-electron chi connectivity index (χ2n) is 4.27. The summed E-state index contributed by atoms with van der Waals surface area (Å²) < 4.78 is 20.0. The molecule has 0 saturated heterocycles. The maximum absolute atomic E-state index is 13.4. The molecular formula is C14H11FN2O3. The summed E-state index contributed by atoms with van der Waals surface area (Å²) in [6.07, 6.45) is 1.48. The number of fused-ring (bicyclic) bond motifs is 1. The Bertz CT molecular complexity index is 798. The zero-order valence-electron chi connectivity index (χ0n) is 10.5. The minimum absolute atomic E-state index is 0.0323. The first kappa shape index (κ1) is 12.3. The Hall–Kier alpha value is -2.76. The van der Waals surface area contributed by atoms with Gasteiger partial charge in [-0.3, -0.25) is 0 Å². The standard InChI is InChI=1S/C14H11FN2O3/c1-20-9-5-12-10(14(19)6-9)7-16-17(12)8-2-3-13(18)11(15)4-8/h2-7,18-19H,1H3. The van der Waals surface area contributed by atoms with Gasteiger partial charge >= 0.3 is 0 Å². The fourth-order valence-electron chi connectivity index (χ4n) is 2.03. The van der Waals surface area contributed by atoms with Crippen molar-refractivity contribution in [3.63, 3.8) is 0 Å². The van der Waals surface area contributed by atoms with Crippen LogP contribution in [0.1, 0.15) is 0 Å². The third-order valence-electron chi connectivity index (χ3n) is 3.05. The molecule has 0 unspecified atom stereocenters. The highest BCUT2D eigenvalue weighted by Gasteiger charge is 2.12. The number of phenols is 2. The molecule has 102 valence electrons. The van der Waals surface area contributed by atoms with Gasteiger partial charge < -0.3 is 14.9 Å². The van der Waals surface area contributed by atoms with Gasteiger partial charge in [0.25, 0.3) is 0 Å². The molecule has 0 radical (unpaired) electrons. The Morgan fingerprint density at radius 1 is 1.15 bits per heavy atom. The summed E-state index contributed by atoms with van der Waals surface area (Å²) in [4.78, 5) is 0. The van der Waals surface area contributed by atoms with Crippen LogP contribution in [0.4, 0.5) is 4.39 Å². The molecule has 5 nitrogen and oxygen atoms in total. The maximum atomic E-state index is 13.4. The van der Waals surface area contributed by atoms with E-state index in [0.717, 1.165) is 6.07 Å². The van der Waals surface area contributed by atoms with Crippen LogP contribution >= 0.6 is 0 Å². The highest BCUT2D eigenvalue weighted by Crippen LogP contribution is 2.31. The molecule has 2 aromatic carbocycles. The van der Waals surface area contributed by atoms with E-state index < -0.39 is 11.6 Å². The van der Waals surface area contributed by atoms with Crippen molar-refractivity contribution in [2.45, 2.75) is 0 Å². The molecule has 1 heterocycles. The van der Waals surface area contributed by atoms with Crippen molar-refractivity contribution in [3.05, 3.63) is 42.3 Å². The van der Waals surface area contributed by atoms with E-state index in [1.165, 1.54) is 36.2 Å². The number of hydrogen-bond acceptors (Lipinski definition) is 4. The van der Waals surface area contributed by atoms with Gasteiger partial charge in [-0.1, -0.05) is 0 Å². The molecule has 0 saturated carbocycles. The highest BCUT2D eigenvalue weighted by atomic mass is 19.1. The van der Waals surface area contributed by atoms with Gasteiger partial charge in [0.15, 0.2) is 11.6 Å². The lowest BCUT2D eigenvalue weighted by Gasteiger charge is -2.06. The van der Waals surface area contributed by atoms with E-state index in [9.17, 15) is 14.6 Å². The van der Waals surface area contributed by atoms with Crippen LogP contribution in [0.15, 0.2) is 36.5 Å². The number of hydrogen-bond donors (Lipinski definition) is 2. The first-order valence-electron chi connectivity index (χ1n) is 5.84. The number of phenolic OH excluding ortho intramolecular Hbond substituents is 2. The van der Waals surface area contributed by atoms with Crippen molar-refractivity contribution in [2.24, 2.45) is 0 Å². The van der Waals surface area contributed by atoms with Gasteiger partial charge in [0.2, 0.25) is 0 Å². The normalized spacial score (nSPS) is 10.9. The predicted molar refractivity (Wildman–Crippen MR) is 70.9 cm³/mol. The zero-order chi connectivity index (χ0) is 14.3. The first-order chi connectivity index (χ1) is 9.60. The van der Waals surface area contributed by atoms with Crippen LogP contribution in [-0.4, -0.2) is 27.1 Å². The molecule has 20 heavy (non-hydrogen) atoms. The van der Waals surface area contributed by atoms with Crippen LogP contribution in [-0.2, 0) is 0 Å². The summed E-state index contributed by atoms with van der Waals surface area (Å²) in [5.41, 5.74) is 1.01. The van der Waals surface area contributed by atoms with Gasteiger partial charge in [-0.25, -0.2) is 9.07 Å². The summed E-state index contributed by atoms with van der Waals surface area (Å²) in [5, 5.41) is 23.8. The second kappa shape index (κ2) is 4.41. The van der Waals surface area contributed by atoms with Crippen molar-refractivity contribution >= 4 is 10.9 Å². The Labute approximate surface area is 113 Å². The van der Waals surface area contributed by atoms with Crippen LogP contribution in [0.3, 0.4) is 0 Å². The second-order valence-corrected chi connectivity index (χ2v) is 4.27. The van der Waals surface area contributed by atoms with Crippen molar-refractivity contribution in [2.75, 3.05) is 7.11 Å². The van der Waals surface area contributed by atoms with Crippen molar-refractivity contribution in [1.29, 1.82) is 0 Å². The number of rotatable bonds is 2. The molecule has 0 atom stereocenters. The van der Waals surface area contributed by atoms with E-state index in [1.807, 2.05) is 0 Å². The van der Waals surface area contributed by atoms with Crippen LogP contribution in [0.5, 0.6) is 17.2 Å². The van der Waals surface area contributed by atoms with Crippen LogP contribution in [0.25, 0.3) is 16.6 Å². The zero-order valence-corrected chi connectivity index (χ0v) is 10.5. The smallest absolute Gasteiger partial charge is 0.166 e. The minimum Gasteiger partial charge on any atom is -0.507 e. The van der Waals surface area contributed by atoms with E-state index in [0.29, 0.717) is 22.3 Å². The largest absolute Gasteiger partial charge is 0.507 e. The molecule has 3 aromatic rings. The van der Waals surface area contributed by atoms with E-state index >= 15 is 0 Å². The molecule has 0 fully saturated rings. The average Bonchev–Trinajstić information content (AvgIpc) is 2.86. The van der Waals surface area contributed by atoms with E-state index in [-0.39, 0.29) is 5.75 Å². The predicted octanol–water partition coefficient (Wildman–Crippen LogP) is 2.58. The van der Waals surface area contributed by atoms with Crippen molar-refractivity contribution in [1.82, 2.24) is 9.78 Å². The van der Waals surface area contributed by atoms with Crippen LogP contribution < -0.4 is 4.74 Å². The molecule has 0 aliphatic heterocycles. The monoisotopic (exact) mass is 274 g/mol. The lowest BCUT2D eigenvalue weighted by molar-refractivity contribution is 0.409. The molecule has 2 N–H and O–H groups in total. The highest BCUT2D eigenvalue weighted by molar-refractivity contribution is 5.87. The number of benzene rings is 2. The fraction of sp³-hybridized carbons (Fsp3) is 0.0714. The molecule has 0 spiro atoms. The van der Waals surface area contributed by atoms with Gasteiger partial charge in [0.1, 0.15) is 11.5 Å². The van der Waals surface area contributed by atoms with E-state index in [2.05, 4.69) is 5.10 Å². The van der Waals surface area contributed by atoms with Gasteiger partial charge in [0, 0.05) is 18.2 Å². The van der Waals surface area contributed by atoms with E-state index in [4.69, 9.17) is 4.74 Å². The lowest BCUT2D eigenvalue weighted by Crippen LogP contribution is -1.97.